The minimum Gasteiger partial charge on any atom is -0.481 e. The van der Waals surface area contributed by atoms with Gasteiger partial charge in [0.25, 0.3) is 5.91 Å². The van der Waals surface area contributed by atoms with Gasteiger partial charge in [-0.1, -0.05) is 37.3 Å². The van der Waals surface area contributed by atoms with Gasteiger partial charge >= 0.3 is 0 Å². The molecule has 3 heteroatoms. The summed E-state index contributed by atoms with van der Waals surface area (Å²) in [4.78, 5) is 12.6. The van der Waals surface area contributed by atoms with E-state index < -0.39 is 6.10 Å². The molecule has 2 atom stereocenters. The van der Waals surface area contributed by atoms with E-state index >= 15 is 0 Å². The molecular weight excluding hydrogens is 310 g/mol. The SMILES string of the molecule is CC[C@H](NC(=O)[C@@H](C)Oc1cc(C)ccc1C)c1ccc(C)c(C)c1. The Kier molecular flexibility index (Phi) is 6.24. The van der Waals surface area contributed by atoms with E-state index in [1.165, 1.54) is 11.1 Å². The van der Waals surface area contributed by atoms with Crippen LogP contribution in [0.3, 0.4) is 0 Å². The molecule has 0 fully saturated rings. The highest BCUT2D eigenvalue weighted by molar-refractivity contribution is 5.81. The molecule has 0 saturated heterocycles. The van der Waals surface area contributed by atoms with Crippen LogP contribution >= 0.6 is 0 Å². The summed E-state index contributed by atoms with van der Waals surface area (Å²) in [5, 5.41) is 3.12. The molecule has 2 rings (SSSR count). The fourth-order valence-electron chi connectivity index (χ4n) is 2.77. The number of ether oxygens (including phenoxy) is 1. The van der Waals surface area contributed by atoms with Crippen LogP contribution in [-0.2, 0) is 4.79 Å². The average Bonchev–Trinajstić information content (AvgIpc) is 2.58. The van der Waals surface area contributed by atoms with Crippen molar-refractivity contribution >= 4 is 5.91 Å². The fraction of sp³-hybridized carbons (Fsp3) is 0.409. The number of nitrogens with one attached hydrogen (secondary N) is 1. The van der Waals surface area contributed by atoms with Crippen LogP contribution in [0.4, 0.5) is 0 Å². The highest BCUT2D eigenvalue weighted by atomic mass is 16.5. The molecule has 0 aliphatic rings. The number of rotatable bonds is 6. The molecule has 25 heavy (non-hydrogen) atoms. The van der Waals surface area contributed by atoms with Crippen molar-refractivity contribution in [3.8, 4) is 5.75 Å². The standard InChI is InChI=1S/C22H29NO2/c1-7-20(19-11-10-15(3)17(5)13-19)23-22(24)18(6)25-21-12-14(2)8-9-16(21)4/h8-13,18,20H,7H2,1-6H3,(H,23,24)/t18-,20+/m1/s1. The van der Waals surface area contributed by atoms with E-state index in [0.717, 1.165) is 28.9 Å². The average molecular weight is 339 g/mol. The Bertz CT molecular complexity index is 752. The summed E-state index contributed by atoms with van der Waals surface area (Å²) in [5.41, 5.74) is 5.79. The molecule has 1 N–H and O–H groups in total. The molecule has 0 bridgehead atoms. The molecule has 0 radical (unpaired) electrons. The summed E-state index contributed by atoms with van der Waals surface area (Å²) in [6.45, 7) is 12.1. The van der Waals surface area contributed by atoms with Gasteiger partial charge in [-0.3, -0.25) is 4.79 Å². The Morgan fingerprint density at radius 3 is 2.32 bits per heavy atom. The van der Waals surface area contributed by atoms with Crippen molar-refractivity contribution in [3.63, 3.8) is 0 Å². The number of carbonyl (C=O) groups excluding carboxylic acids is 1. The molecule has 0 saturated carbocycles. The van der Waals surface area contributed by atoms with Crippen LogP contribution in [0, 0.1) is 27.7 Å². The zero-order valence-electron chi connectivity index (χ0n) is 16.1. The minimum absolute atomic E-state index is 0.00328. The first-order valence-electron chi connectivity index (χ1n) is 8.93. The van der Waals surface area contributed by atoms with Gasteiger partial charge < -0.3 is 10.1 Å². The molecule has 0 heterocycles. The summed E-state index contributed by atoms with van der Waals surface area (Å²) in [7, 11) is 0. The molecule has 0 spiro atoms. The van der Waals surface area contributed by atoms with Crippen molar-refractivity contribution in [3.05, 3.63) is 64.2 Å². The predicted molar refractivity (Wildman–Crippen MR) is 103 cm³/mol. The van der Waals surface area contributed by atoms with E-state index in [0.29, 0.717) is 0 Å². The van der Waals surface area contributed by atoms with E-state index in [9.17, 15) is 4.79 Å². The van der Waals surface area contributed by atoms with Crippen LogP contribution in [0.1, 0.15) is 54.1 Å². The molecule has 0 aromatic heterocycles. The first kappa shape index (κ1) is 19.0. The lowest BCUT2D eigenvalue weighted by atomic mass is 9.99. The zero-order chi connectivity index (χ0) is 18.6. The van der Waals surface area contributed by atoms with E-state index in [1.54, 1.807) is 6.92 Å². The Balaban J connectivity index is 2.08. The highest BCUT2D eigenvalue weighted by Crippen LogP contribution is 2.22. The van der Waals surface area contributed by atoms with Crippen LogP contribution in [-0.4, -0.2) is 12.0 Å². The maximum atomic E-state index is 12.6. The van der Waals surface area contributed by atoms with Gasteiger partial charge in [-0.15, -0.1) is 0 Å². The lowest BCUT2D eigenvalue weighted by Gasteiger charge is -2.22. The summed E-state index contributed by atoms with van der Waals surface area (Å²) in [6.07, 6.45) is 0.297. The molecule has 3 nitrogen and oxygen atoms in total. The van der Waals surface area contributed by atoms with Crippen molar-refractivity contribution in [1.82, 2.24) is 5.32 Å². The molecule has 0 aliphatic carbocycles. The van der Waals surface area contributed by atoms with E-state index in [2.05, 4.69) is 44.3 Å². The quantitative estimate of drug-likeness (QED) is 0.808. The van der Waals surface area contributed by atoms with Crippen molar-refractivity contribution in [1.29, 1.82) is 0 Å². The molecular formula is C22H29NO2. The zero-order valence-corrected chi connectivity index (χ0v) is 16.1. The van der Waals surface area contributed by atoms with Gasteiger partial charge in [0.15, 0.2) is 6.10 Å². The Morgan fingerprint density at radius 2 is 1.68 bits per heavy atom. The largest absolute Gasteiger partial charge is 0.481 e. The summed E-state index contributed by atoms with van der Waals surface area (Å²) >= 11 is 0. The number of aryl methyl sites for hydroxylation is 4. The van der Waals surface area contributed by atoms with E-state index in [-0.39, 0.29) is 11.9 Å². The van der Waals surface area contributed by atoms with Gasteiger partial charge in [0.1, 0.15) is 5.75 Å². The molecule has 134 valence electrons. The van der Waals surface area contributed by atoms with Crippen molar-refractivity contribution in [2.24, 2.45) is 0 Å². The maximum absolute atomic E-state index is 12.6. The van der Waals surface area contributed by atoms with E-state index in [4.69, 9.17) is 4.74 Å². The fourth-order valence-corrected chi connectivity index (χ4v) is 2.77. The topological polar surface area (TPSA) is 38.3 Å². The number of benzene rings is 2. The Labute approximate surface area is 151 Å². The van der Waals surface area contributed by atoms with Crippen LogP contribution in [0.2, 0.25) is 0 Å². The summed E-state index contributed by atoms with van der Waals surface area (Å²) in [6, 6.07) is 12.4. The van der Waals surface area contributed by atoms with Gasteiger partial charge in [-0.2, -0.15) is 0 Å². The summed E-state index contributed by atoms with van der Waals surface area (Å²) < 4.78 is 5.90. The first-order chi connectivity index (χ1) is 11.8. The smallest absolute Gasteiger partial charge is 0.261 e. The predicted octanol–water partition coefficient (Wildman–Crippen LogP) is 4.96. The van der Waals surface area contributed by atoms with Gasteiger partial charge in [-0.25, -0.2) is 0 Å². The number of carbonyl (C=O) groups is 1. The lowest BCUT2D eigenvalue weighted by molar-refractivity contribution is -0.128. The molecule has 0 aliphatic heterocycles. The van der Waals surface area contributed by atoms with Crippen LogP contribution in [0.15, 0.2) is 36.4 Å². The number of hydrogen-bond acceptors (Lipinski definition) is 2. The van der Waals surface area contributed by atoms with Crippen molar-refractivity contribution < 1.29 is 9.53 Å². The van der Waals surface area contributed by atoms with Gasteiger partial charge in [0, 0.05) is 0 Å². The van der Waals surface area contributed by atoms with Gasteiger partial charge in [0.2, 0.25) is 0 Å². The minimum atomic E-state index is -0.541. The van der Waals surface area contributed by atoms with Crippen LogP contribution in [0.25, 0.3) is 0 Å². The van der Waals surface area contributed by atoms with Gasteiger partial charge in [-0.05, 0) is 74.9 Å². The second-order valence-electron chi connectivity index (χ2n) is 6.84. The Hall–Kier alpha value is -2.29. The lowest BCUT2D eigenvalue weighted by Crippen LogP contribution is -2.38. The molecule has 2 aromatic rings. The first-order valence-corrected chi connectivity index (χ1v) is 8.93. The second kappa shape index (κ2) is 8.19. The molecule has 0 unspecified atom stereocenters. The van der Waals surface area contributed by atoms with Crippen LogP contribution in [0.5, 0.6) is 5.75 Å². The third-order valence-corrected chi connectivity index (χ3v) is 4.67. The Morgan fingerprint density at radius 1 is 1.00 bits per heavy atom. The summed E-state index contributed by atoms with van der Waals surface area (Å²) in [5.74, 6) is 0.674. The van der Waals surface area contributed by atoms with Crippen LogP contribution < -0.4 is 10.1 Å². The molecule has 2 aromatic carbocycles. The normalized spacial score (nSPS) is 13.2. The number of amides is 1. The monoisotopic (exact) mass is 339 g/mol. The van der Waals surface area contributed by atoms with Crippen molar-refractivity contribution in [2.75, 3.05) is 0 Å². The third kappa shape index (κ3) is 4.85. The van der Waals surface area contributed by atoms with E-state index in [1.807, 2.05) is 32.0 Å². The van der Waals surface area contributed by atoms with Crippen molar-refractivity contribution in [2.45, 2.75) is 60.1 Å². The third-order valence-electron chi connectivity index (χ3n) is 4.67. The second-order valence-corrected chi connectivity index (χ2v) is 6.84. The highest BCUT2D eigenvalue weighted by Gasteiger charge is 2.20. The number of hydrogen-bond donors (Lipinski definition) is 1. The maximum Gasteiger partial charge on any atom is 0.261 e. The molecule has 1 amide bonds. The van der Waals surface area contributed by atoms with Gasteiger partial charge in [0.05, 0.1) is 6.04 Å².